The van der Waals surface area contributed by atoms with Crippen molar-refractivity contribution in [1.82, 2.24) is 10.2 Å². The van der Waals surface area contributed by atoms with E-state index in [1.54, 1.807) is 36.2 Å². The molecule has 26 heavy (non-hydrogen) atoms. The summed E-state index contributed by atoms with van der Waals surface area (Å²) in [6, 6.07) is 6.31. The van der Waals surface area contributed by atoms with Crippen molar-refractivity contribution in [3.8, 4) is 5.75 Å². The maximum atomic E-state index is 12.8. The lowest BCUT2D eigenvalue weighted by Gasteiger charge is -2.32. The van der Waals surface area contributed by atoms with Gasteiger partial charge in [0.1, 0.15) is 11.8 Å². The Morgan fingerprint density at radius 3 is 2.27 bits per heavy atom. The van der Waals surface area contributed by atoms with E-state index in [9.17, 15) is 9.59 Å². The quantitative estimate of drug-likeness (QED) is 0.705. The first-order valence-electron chi connectivity index (χ1n) is 9.10. The van der Waals surface area contributed by atoms with Crippen LogP contribution < -0.4 is 15.8 Å². The maximum absolute atomic E-state index is 12.8. The van der Waals surface area contributed by atoms with Crippen molar-refractivity contribution >= 4 is 11.8 Å². The minimum atomic E-state index is -0.590. The van der Waals surface area contributed by atoms with E-state index in [0.29, 0.717) is 31.0 Å². The van der Waals surface area contributed by atoms with Crippen molar-refractivity contribution in [2.75, 3.05) is 26.7 Å². The van der Waals surface area contributed by atoms with Crippen molar-refractivity contribution in [1.29, 1.82) is 0 Å². The summed E-state index contributed by atoms with van der Waals surface area (Å²) in [5.74, 6) is 0.300. The third kappa shape index (κ3) is 6.33. The molecule has 146 valence electrons. The standard InChI is InChI=1S/C20H33N3O3/c1-7-26-16-10-8-15(9-11-16)18(24)22-17(14(2)3)19(25)23(6)13-20(4,5)12-21/h8-11,14,17H,7,12-13,21H2,1-6H3,(H,22,24). The zero-order valence-electron chi connectivity index (χ0n) is 16.8. The summed E-state index contributed by atoms with van der Waals surface area (Å²) in [6.45, 7) is 11.4. The average molecular weight is 364 g/mol. The Morgan fingerprint density at radius 2 is 1.81 bits per heavy atom. The van der Waals surface area contributed by atoms with Crippen LogP contribution >= 0.6 is 0 Å². The van der Waals surface area contributed by atoms with Gasteiger partial charge in [0.2, 0.25) is 5.91 Å². The van der Waals surface area contributed by atoms with Gasteiger partial charge in [-0.25, -0.2) is 0 Å². The summed E-state index contributed by atoms with van der Waals surface area (Å²) in [5.41, 5.74) is 6.08. The van der Waals surface area contributed by atoms with Crippen LogP contribution in [0.4, 0.5) is 0 Å². The van der Waals surface area contributed by atoms with Gasteiger partial charge in [-0.3, -0.25) is 9.59 Å². The van der Waals surface area contributed by atoms with Crippen molar-refractivity contribution < 1.29 is 14.3 Å². The third-order valence-corrected chi connectivity index (χ3v) is 4.24. The van der Waals surface area contributed by atoms with Gasteiger partial charge < -0.3 is 20.7 Å². The minimum Gasteiger partial charge on any atom is -0.494 e. The molecule has 1 rings (SSSR count). The fourth-order valence-electron chi connectivity index (χ4n) is 2.63. The van der Waals surface area contributed by atoms with E-state index in [4.69, 9.17) is 10.5 Å². The molecule has 0 aromatic heterocycles. The van der Waals surface area contributed by atoms with Gasteiger partial charge in [0.15, 0.2) is 0 Å². The highest BCUT2D eigenvalue weighted by Gasteiger charge is 2.30. The highest BCUT2D eigenvalue weighted by molar-refractivity contribution is 5.97. The van der Waals surface area contributed by atoms with Crippen LogP contribution in [0, 0.1) is 11.3 Å². The summed E-state index contributed by atoms with van der Waals surface area (Å²) in [5, 5.41) is 2.87. The van der Waals surface area contributed by atoms with Gasteiger partial charge in [-0.15, -0.1) is 0 Å². The number of hydrogen-bond donors (Lipinski definition) is 2. The Hall–Kier alpha value is -2.08. The van der Waals surface area contributed by atoms with Crippen LogP contribution in [0.2, 0.25) is 0 Å². The van der Waals surface area contributed by atoms with Crippen molar-refractivity contribution in [3.63, 3.8) is 0 Å². The van der Waals surface area contributed by atoms with E-state index in [2.05, 4.69) is 5.32 Å². The molecule has 0 aliphatic heterocycles. The highest BCUT2D eigenvalue weighted by atomic mass is 16.5. The molecule has 0 saturated heterocycles. The molecule has 6 nitrogen and oxygen atoms in total. The van der Waals surface area contributed by atoms with E-state index in [1.807, 2.05) is 34.6 Å². The van der Waals surface area contributed by atoms with Crippen molar-refractivity contribution in [2.24, 2.45) is 17.1 Å². The van der Waals surface area contributed by atoms with Crippen LogP contribution in [0.1, 0.15) is 45.0 Å². The van der Waals surface area contributed by atoms with E-state index in [1.165, 1.54) is 0 Å². The lowest BCUT2D eigenvalue weighted by atomic mass is 9.92. The number of nitrogens with two attached hydrogens (primary N) is 1. The molecule has 0 aliphatic rings. The van der Waals surface area contributed by atoms with Crippen LogP contribution in [0.3, 0.4) is 0 Å². The number of likely N-dealkylation sites (N-methyl/N-ethyl adjacent to an activating group) is 1. The first-order valence-corrected chi connectivity index (χ1v) is 9.10. The third-order valence-electron chi connectivity index (χ3n) is 4.24. The second-order valence-electron chi connectivity index (χ2n) is 7.72. The van der Waals surface area contributed by atoms with Gasteiger partial charge in [-0.2, -0.15) is 0 Å². The molecule has 1 unspecified atom stereocenters. The molecular weight excluding hydrogens is 330 g/mol. The predicted molar refractivity (Wildman–Crippen MR) is 104 cm³/mol. The number of hydrogen-bond acceptors (Lipinski definition) is 4. The Morgan fingerprint density at radius 1 is 1.23 bits per heavy atom. The van der Waals surface area contributed by atoms with Crippen molar-refractivity contribution in [3.05, 3.63) is 29.8 Å². The normalized spacial score (nSPS) is 12.6. The first kappa shape index (κ1) is 22.0. The number of carbonyl (C=O) groups excluding carboxylic acids is 2. The van der Waals surface area contributed by atoms with E-state index in [0.717, 1.165) is 0 Å². The fraction of sp³-hybridized carbons (Fsp3) is 0.600. The second-order valence-corrected chi connectivity index (χ2v) is 7.72. The lowest BCUT2D eigenvalue weighted by molar-refractivity contribution is -0.134. The second kappa shape index (κ2) is 9.57. The number of benzene rings is 1. The van der Waals surface area contributed by atoms with Gasteiger partial charge in [-0.05, 0) is 49.1 Å². The maximum Gasteiger partial charge on any atom is 0.251 e. The number of carbonyl (C=O) groups is 2. The summed E-state index contributed by atoms with van der Waals surface area (Å²) < 4.78 is 5.38. The van der Waals surface area contributed by atoms with Crippen LogP contribution in [0.5, 0.6) is 5.75 Å². The molecule has 1 aromatic carbocycles. The summed E-state index contributed by atoms with van der Waals surface area (Å²) in [6.07, 6.45) is 0. The monoisotopic (exact) mass is 363 g/mol. The van der Waals surface area contributed by atoms with Crippen molar-refractivity contribution in [2.45, 2.75) is 40.7 Å². The minimum absolute atomic E-state index is 0.0300. The van der Waals surface area contributed by atoms with Gasteiger partial charge in [-0.1, -0.05) is 27.7 Å². The van der Waals surface area contributed by atoms with Gasteiger partial charge in [0.25, 0.3) is 5.91 Å². The van der Waals surface area contributed by atoms with Gasteiger partial charge in [0.05, 0.1) is 6.61 Å². The molecule has 0 fully saturated rings. The lowest BCUT2D eigenvalue weighted by Crippen LogP contribution is -2.52. The molecule has 0 saturated carbocycles. The number of rotatable bonds is 9. The first-order chi connectivity index (χ1) is 12.1. The largest absolute Gasteiger partial charge is 0.494 e. The molecule has 0 radical (unpaired) electrons. The average Bonchev–Trinajstić information content (AvgIpc) is 2.59. The van der Waals surface area contributed by atoms with Crippen LogP contribution in [-0.2, 0) is 4.79 Å². The molecule has 0 heterocycles. The smallest absolute Gasteiger partial charge is 0.251 e. The molecule has 2 amide bonds. The molecule has 0 aliphatic carbocycles. The molecular formula is C20H33N3O3. The summed E-state index contributed by atoms with van der Waals surface area (Å²) >= 11 is 0. The Kier molecular flexibility index (Phi) is 8.08. The predicted octanol–water partition coefficient (Wildman–Crippen LogP) is 2.28. The highest BCUT2D eigenvalue weighted by Crippen LogP contribution is 2.17. The van der Waals surface area contributed by atoms with Gasteiger partial charge in [0, 0.05) is 19.2 Å². The zero-order valence-corrected chi connectivity index (χ0v) is 16.8. The van der Waals surface area contributed by atoms with Gasteiger partial charge >= 0.3 is 0 Å². The van der Waals surface area contributed by atoms with Crippen LogP contribution in [-0.4, -0.2) is 49.5 Å². The Bertz CT molecular complexity index is 597. The Balaban J connectivity index is 2.83. The SMILES string of the molecule is CCOc1ccc(C(=O)NC(C(=O)N(C)CC(C)(C)CN)C(C)C)cc1. The fourth-order valence-corrected chi connectivity index (χ4v) is 2.63. The van der Waals surface area contributed by atoms with E-state index in [-0.39, 0.29) is 23.1 Å². The summed E-state index contributed by atoms with van der Waals surface area (Å²) in [4.78, 5) is 27.0. The van der Waals surface area contributed by atoms with Crippen LogP contribution in [0.15, 0.2) is 24.3 Å². The number of nitrogens with one attached hydrogen (secondary N) is 1. The number of ether oxygens (including phenoxy) is 1. The number of amides is 2. The molecule has 1 atom stereocenters. The Labute approximate surface area is 157 Å². The van der Waals surface area contributed by atoms with E-state index >= 15 is 0 Å². The topological polar surface area (TPSA) is 84.7 Å². The molecule has 0 spiro atoms. The van der Waals surface area contributed by atoms with E-state index < -0.39 is 6.04 Å². The zero-order chi connectivity index (χ0) is 19.9. The molecule has 0 bridgehead atoms. The summed E-state index contributed by atoms with van der Waals surface area (Å²) in [7, 11) is 1.75. The van der Waals surface area contributed by atoms with Crippen LogP contribution in [0.25, 0.3) is 0 Å². The molecule has 3 N–H and O–H groups in total. The molecule has 6 heteroatoms. The molecule has 1 aromatic rings. The number of nitrogens with zero attached hydrogens (tertiary/aromatic N) is 1.